The number of benzene rings is 8. The van der Waals surface area contributed by atoms with Gasteiger partial charge in [-0.25, -0.2) is 23.1 Å². The number of Topliss-reactive ketones (excluding diaryl/α,β-unsaturated/α-hetero) is 1. The molecule has 10 N–H and O–H groups in total. The van der Waals surface area contributed by atoms with Gasteiger partial charge in [-0.15, -0.1) is 0 Å². The lowest BCUT2D eigenvalue weighted by molar-refractivity contribution is -0.142. The van der Waals surface area contributed by atoms with Gasteiger partial charge in [0.05, 0.1) is 64.3 Å². The maximum absolute atomic E-state index is 14.1. The number of aromatic nitrogens is 6. The monoisotopic (exact) mass is 1180 g/mol. The number of amides is 1. The van der Waals surface area contributed by atoms with Crippen LogP contribution in [0.25, 0.3) is 66.4 Å². The molecule has 0 saturated heterocycles. The molecule has 3 atom stereocenters. The second-order valence-corrected chi connectivity index (χ2v) is 21.7. The summed E-state index contributed by atoms with van der Waals surface area (Å²) in [5.74, 6) is 2.42. The summed E-state index contributed by atoms with van der Waals surface area (Å²) in [6.07, 6.45) is 1.61. The third-order valence-corrected chi connectivity index (χ3v) is 15.9. The lowest BCUT2D eigenvalue weighted by atomic mass is 9.80. The van der Waals surface area contributed by atoms with E-state index in [1.807, 2.05) is 104 Å². The highest BCUT2D eigenvalue weighted by Gasteiger charge is 2.36. The quantitative estimate of drug-likeness (QED) is 0.0511. The van der Waals surface area contributed by atoms with Gasteiger partial charge in [-0.3, -0.25) is 25.0 Å². The molecular formula is C69H61F3N10O6. The number of nitrogens with zero attached hydrogens (tertiary/aromatic N) is 3. The summed E-state index contributed by atoms with van der Waals surface area (Å²) in [5.41, 5.74) is 17.7. The van der Waals surface area contributed by atoms with Crippen LogP contribution >= 0.6 is 0 Å². The summed E-state index contributed by atoms with van der Waals surface area (Å²) in [5, 5.41) is 22.9. The number of halogens is 3. The third-order valence-electron chi connectivity index (χ3n) is 15.9. The first-order valence-corrected chi connectivity index (χ1v) is 28.5. The van der Waals surface area contributed by atoms with Crippen LogP contribution in [-0.4, -0.2) is 82.7 Å². The normalized spacial score (nSPS) is 15.0. The molecule has 0 fully saturated rings. The Morgan fingerprint density at radius 1 is 0.545 bits per heavy atom. The Hall–Kier alpha value is -10.6. The largest absolute Gasteiger partial charge is 0.481 e. The minimum absolute atomic E-state index is 0.00799. The zero-order chi connectivity index (χ0) is 61.6. The number of imidazole rings is 2. The molecule has 0 spiro atoms. The van der Waals surface area contributed by atoms with Crippen molar-refractivity contribution < 1.29 is 42.6 Å². The molecule has 1 amide bonds. The molecule has 8 aromatic carbocycles. The van der Waals surface area contributed by atoms with Crippen LogP contribution < -0.4 is 16.6 Å². The smallest absolute Gasteiger partial charge is 0.311 e. The summed E-state index contributed by atoms with van der Waals surface area (Å²) in [7, 11) is 3.71. The predicted octanol–water partition coefficient (Wildman–Crippen LogP) is 12.8. The number of para-hydroxylation sites is 4. The molecule has 88 heavy (non-hydrogen) atoms. The number of ketones is 1. The number of hydrazine groups is 1. The van der Waals surface area contributed by atoms with Gasteiger partial charge in [-0.1, -0.05) is 97.1 Å². The number of nitrogens with two attached hydrogens (primary N) is 1. The Morgan fingerprint density at radius 3 is 1.53 bits per heavy atom. The van der Waals surface area contributed by atoms with Crippen LogP contribution in [-0.2, 0) is 46.7 Å². The average Bonchev–Trinajstić information content (AvgIpc) is 2.24. The number of hydrogen-bond acceptors (Lipinski definition) is 9. The summed E-state index contributed by atoms with van der Waals surface area (Å²) in [6.45, 7) is 1.16. The molecule has 3 aliphatic carbocycles. The molecule has 0 aliphatic heterocycles. The first-order valence-electron chi connectivity index (χ1n) is 28.5. The average molecular weight is 1180 g/mol. The minimum atomic E-state index is -0.882. The van der Waals surface area contributed by atoms with Gasteiger partial charge in [-0.2, -0.15) is 0 Å². The number of carbonyl (C=O) groups is 4. The highest BCUT2D eigenvalue weighted by atomic mass is 19.1. The van der Waals surface area contributed by atoms with Gasteiger partial charge < -0.3 is 45.8 Å². The van der Waals surface area contributed by atoms with Crippen LogP contribution in [0.2, 0.25) is 0 Å². The zero-order valence-corrected chi connectivity index (χ0v) is 47.9. The number of hydrogen-bond donors (Lipinski definition) is 9. The van der Waals surface area contributed by atoms with Crippen LogP contribution in [0, 0.1) is 23.4 Å². The maximum atomic E-state index is 14.1. The zero-order valence-electron chi connectivity index (χ0n) is 47.9. The molecule has 0 radical (unpaired) electrons. The summed E-state index contributed by atoms with van der Waals surface area (Å²) < 4.78 is 39.8. The van der Waals surface area contributed by atoms with E-state index >= 15 is 0 Å². The van der Waals surface area contributed by atoms with Crippen molar-refractivity contribution in [2.45, 2.75) is 50.6 Å². The van der Waals surface area contributed by atoms with Crippen LogP contribution in [0.4, 0.5) is 18.9 Å². The van der Waals surface area contributed by atoms with E-state index in [-0.39, 0.29) is 35.6 Å². The Labute approximate surface area is 502 Å². The van der Waals surface area contributed by atoms with Gasteiger partial charge >= 0.3 is 11.9 Å². The van der Waals surface area contributed by atoms with Crippen LogP contribution in [0.3, 0.4) is 0 Å². The molecule has 12 aromatic rings. The van der Waals surface area contributed by atoms with Gasteiger partial charge in [0.2, 0.25) is 5.91 Å². The van der Waals surface area contributed by atoms with Gasteiger partial charge in [0.25, 0.3) is 0 Å². The number of anilines is 1. The summed E-state index contributed by atoms with van der Waals surface area (Å²) in [6, 6.07) is 53.9. The molecule has 19 heteroatoms. The van der Waals surface area contributed by atoms with Crippen molar-refractivity contribution in [3.05, 3.63) is 244 Å². The molecule has 4 aromatic heterocycles. The molecule has 4 heterocycles. The number of nitrogen functional groups attached to an aromatic ring is 1. The Kier molecular flexibility index (Phi) is 17.4. The van der Waals surface area contributed by atoms with Gasteiger partial charge in [-0.05, 0) is 133 Å². The van der Waals surface area contributed by atoms with Crippen LogP contribution in [0.5, 0.6) is 0 Å². The minimum Gasteiger partial charge on any atom is -0.481 e. The van der Waals surface area contributed by atoms with Crippen molar-refractivity contribution >= 4 is 73.2 Å². The fourth-order valence-electron chi connectivity index (χ4n) is 11.7. The second kappa shape index (κ2) is 25.9. The topological polar surface area (TPSA) is 251 Å². The molecule has 0 bridgehead atoms. The molecule has 444 valence electrons. The van der Waals surface area contributed by atoms with Gasteiger partial charge in [0, 0.05) is 63.2 Å². The summed E-state index contributed by atoms with van der Waals surface area (Å²) >= 11 is 0. The lowest BCUT2D eigenvalue weighted by Crippen LogP contribution is -2.34. The highest BCUT2D eigenvalue weighted by molar-refractivity contribution is 6.02. The third kappa shape index (κ3) is 12.7. The van der Waals surface area contributed by atoms with Gasteiger partial charge in [0.15, 0.2) is 5.78 Å². The van der Waals surface area contributed by atoms with E-state index in [0.717, 1.165) is 101 Å². The van der Waals surface area contributed by atoms with E-state index in [1.54, 1.807) is 48.3 Å². The molecule has 16 nitrogen and oxygen atoms in total. The fraction of sp³-hybridized carbons (Fsp3) is 0.159. The number of fused-ring (bicyclic) bond motifs is 13. The van der Waals surface area contributed by atoms with Crippen molar-refractivity contribution in [3.63, 3.8) is 0 Å². The molecule has 15 rings (SSSR count). The van der Waals surface area contributed by atoms with Crippen LogP contribution in [0.15, 0.2) is 182 Å². The Bertz CT molecular complexity index is 4490. The maximum Gasteiger partial charge on any atom is 0.311 e. The molecule has 3 aliphatic rings. The summed E-state index contributed by atoms with van der Waals surface area (Å²) in [4.78, 5) is 71.5. The number of H-pyrrole nitrogens is 4. The van der Waals surface area contributed by atoms with Gasteiger partial charge in [0.1, 0.15) is 29.1 Å². The molecule has 0 saturated carbocycles. The standard InChI is InChI=1S/C26H21FN4O.C17H12FNO2.C11H10O3.C9H11N3.C6H7FN2/c1-31(14-23-28-21-8-4-5-9-22(21)29-23)26(32)19-12-15-6-2-3-7-17(15)25-24(19)18-13-16(27)10-11-20(18)30-25;18-10-5-6-14-12(8-10)15-13(17(20)21)7-9-3-1-2-4-11(9)16(15)19-14;12-10-6-8(11(13)14)5-7-3-1-2-4-9(7)10;1-10-6-9-11-7-4-2-3-5-8(7)12-9;7-5-1-3-6(9-8)4-2-5/h2-11,13,19,30H,12,14H2,1H3,(H,28,29);1-6,8,13,19H,7H2,(H,20,21);1-4,8H,5-6H2,(H,13,14);2-5,10H,6H2,1H3,(H,11,12);1-4,9H,8H2. The number of likely N-dealkylation sites (N-methyl/N-ethyl adjacent to an activating group) is 1. The number of carbonyl (C=O) groups excluding carboxylic acids is 2. The van der Waals surface area contributed by atoms with Crippen LogP contribution in [0.1, 0.15) is 68.1 Å². The number of rotatable bonds is 8. The highest BCUT2D eigenvalue weighted by Crippen LogP contribution is 2.45. The first kappa shape index (κ1) is 59.1. The number of carboxylic acid groups (broad SMARTS) is 2. The van der Waals surface area contributed by atoms with E-state index in [9.17, 15) is 37.5 Å². The number of aliphatic carboxylic acids is 2. The van der Waals surface area contributed by atoms with E-state index in [4.69, 9.17) is 10.9 Å². The van der Waals surface area contributed by atoms with E-state index < -0.39 is 29.7 Å². The van der Waals surface area contributed by atoms with Crippen molar-refractivity contribution in [3.8, 4) is 22.5 Å². The van der Waals surface area contributed by atoms with Crippen molar-refractivity contribution in [1.29, 1.82) is 0 Å². The second-order valence-electron chi connectivity index (χ2n) is 21.7. The molecular weight excluding hydrogens is 1120 g/mol. The van der Waals surface area contributed by atoms with Crippen molar-refractivity contribution in [2.75, 3.05) is 19.5 Å². The first-order chi connectivity index (χ1) is 42.6. The van der Waals surface area contributed by atoms with E-state index in [2.05, 4.69) is 52.8 Å². The number of aromatic amines is 4. The number of carboxylic acids is 2. The van der Waals surface area contributed by atoms with E-state index in [1.165, 1.54) is 36.4 Å². The Morgan fingerprint density at radius 2 is 1.01 bits per heavy atom. The number of nitrogens with one attached hydrogen (secondary N) is 6. The lowest BCUT2D eigenvalue weighted by Gasteiger charge is -2.28. The predicted molar refractivity (Wildman–Crippen MR) is 334 cm³/mol. The fourth-order valence-corrected chi connectivity index (χ4v) is 11.7. The Balaban J connectivity index is 0.000000123. The van der Waals surface area contributed by atoms with Crippen molar-refractivity contribution in [1.82, 2.24) is 40.1 Å². The molecule has 3 unspecified atom stereocenters. The van der Waals surface area contributed by atoms with E-state index in [0.29, 0.717) is 48.0 Å². The van der Waals surface area contributed by atoms with Crippen molar-refractivity contribution in [2.24, 2.45) is 11.8 Å². The SMILES string of the molecule is CN(Cc1nc2ccccc2[nH]1)C(=O)C1Cc2ccccc2-c2[nH]c3ccc(F)cc3c21.CNCc1nc2ccccc2[nH]1.NNc1ccc(F)cc1.O=C(O)C1Cc2ccccc2-c2[nH]c3ccc(F)cc3c21.O=C1CC(C(=O)O)Cc2ccccc21.